The number of thiazole rings is 1. The summed E-state index contributed by atoms with van der Waals surface area (Å²) in [6, 6.07) is 0. The molecule has 132 valence electrons. The Kier molecular flexibility index (Phi) is 4.62. The predicted octanol–water partition coefficient (Wildman–Crippen LogP) is 2.54. The zero-order chi connectivity index (χ0) is 16.7. The average molecular weight is 350 g/mol. The highest BCUT2D eigenvalue weighted by Crippen LogP contribution is 2.58. The van der Waals surface area contributed by atoms with Crippen molar-refractivity contribution in [2.24, 2.45) is 17.8 Å². The number of amides is 1. The van der Waals surface area contributed by atoms with E-state index in [4.69, 9.17) is 4.74 Å². The minimum absolute atomic E-state index is 0.0659. The van der Waals surface area contributed by atoms with Crippen LogP contribution in [-0.4, -0.2) is 54.0 Å². The lowest BCUT2D eigenvalue weighted by Crippen LogP contribution is -2.49. The monoisotopic (exact) mass is 349 g/mol. The van der Waals surface area contributed by atoms with Gasteiger partial charge in [-0.3, -0.25) is 9.69 Å². The van der Waals surface area contributed by atoms with E-state index in [-0.39, 0.29) is 6.10 Å². The minimum Gasteiger partial charge on any atom is -0.375 e. The molecule has 1 aliphatic heterocycles. The van der Waals surface area contributed by atoms with Gasteiger partial charge in [-0.05, 0) is 31.6 Å². The molecule has 2 saturated carbocycles. The molecule has 0 bridgehead atoms. The lowest BCUT2D eigenvalue weighted by atomic mass is 10.1. The maximum Gasteiger partial charge on any atom is 0.226 e. The van der Waals surface area contributed by atoms with E-state index in [0.29, 0.717) is 11.8 Å². The number of nitrogens with zero attached hydrogens (tertiary/aromatic N) is 3. The molecule has 0 N–H and O–H groups in total. The molecule has 2 heterocycles. The maximum atomic E-state index is 12.6. The lowest BCUT2D eigenvalue weighted by molar-refractivity contribution is -0.135. The summed E-state index contributed by atoms with van der Waals surface area (Å²) in [7, 11) is 1.72. The Labute approximate surface area is 148 Å². The van der Waals surface area contributed by atoms with Gasteiger partial charge in [-0.2, -0.15) is 0 Å². The standard InChI is InChI=1S/C18H27N3O2S/c1-12(23-2)17-19-13(11-24-17)10-20-6-8-21(9-7-20)18(22)16-14-4-3-5-15(14)16/h11-12,14-16H,3-10H2,1-2H3/t12-,14+,15+/m1/s1. The molecule has 1 aromatic heterocycles. The topological polar surface area (TPSA) is 45.7 Å². The third-order valence-corrected chi connectivity index (χ3v) is 7.09. The van der Waals surface area contributed by atoms with Crippen LogP contribution in [0.3, 0.4) is 0 Å². The summed E-state index contributed by atoms with van der Waals surface area (Å²) in [5.41, 5.74) is 1.12. The van der Waals surface area contributed by atoms with Crippen LogP contribution in [0.15, 0.2) is 5.38 Å². The van der Waals surface area contributed by atoms with E-state index in [1.165, 1.54) is 19.3 Å². The van der Waals surface area contributed by atoms with Gasteiger partial charge in [-0.25, -0.2) is 4.98 Å². The smallest absolute Gasteiger partial charge is 0.226 e. The second-order valence-corrected chi connectivity index (χ2v) is 8.33. The first-order valence-electron chi connectivity index (χ1n) is 9.15. The normalized spacial score (nSPS) is 31.1. The predicted molar refractivity (Wildman–Crippen MR) is 93.7 cm³/mol. The van der Waals surface area contributed by atoms with Crippen LogP contribution >= 0.6 is 11.3 Å². The Bertz CT molecular complexity index is 587. The molecule has 6 heteroatoms. The van der Waals surface area contributed by atoms with Gasteiger partial charge >= 0.3 is 0 Å². The summed E-state index contributed by atoms with van der Waals surface area (Å²) in [6.45, 7) is 6.57. The maximum absolute atomic E-state index is 12.6. The van der Waals surface area contributed by atoms with Crippen molar-refractivity contribution in [2.45, 2.75) is 38.8 Å². The van der Waals surface area contributed by atoms with Gasteiger partial charge in [-0.15, -0.1) is 11.3 Å². The van der Waals surface area contributed by atoms with E-state index in [1.54, 1.807) is 18.4 Å². The number of ether oxygens (including phenoxy) is 1. The summed E-state index contributed by atoms with van der Waals surface area (Å²) >= 11 is 1.67. The zero-order valence-electron chi connectivity index (χ0n) is 14.6. The van der Waals surface area contributed by atoms with E-state index in [1.807, 2.05) is 6.92 Å². The molecule has 3 fully saturated rings. The number of aromatic nitrogens is 1. The van der Waals surface area contributed by atoms with Gasteiger partial charge in [0.2, 0.25) is 5.91 Å². The Morgan fingerprint density at radius 1 is 1.33 bits per heavy atom. The summed E-state index contributed by atoms with van der Waals surface area (Å²) in [6.07, 6.45) is 3.97. The molecule has 5 nitrogen and oxygen atoms in total. The molecular formula is C18H27N3O2S. The van der Waals surface area contributed by atoms with Crippen LogP contribution in [-0.2, 0) is 16.1 Å². The number of carbonyl (C=O) groups is 1. The molecule has 0 spiro atoms. The van der Waals surface area contributed by atoms with Crippen LogP contribution in [0.25, 0.3) is 0 Å². The fourth-order valence-corrected chi connectivity index (χ4v) is 5.28. The third-order valence-electron chi connectivity index (χ3n) is 6.03. The highest BCUT2D eigenvalue weighted by Gasteiger charge is 2.57. The van der Waals surface area contributed by atoms with Crippen LogP contribution in [0.2, 0.25) is 0 Å². The van der Waals surface area contributed by atoms with Crippen LogP contribution in [0.4, 0.5) is 0 Å². The number of hydrogen-bond donors (Lipinski definition) is 0. The number of fused-ring (bicyclic) bond motifs is 1. The molecule has 4 rings (SSSR count). The second kappa shape index (κ2) is 6.73. The molecule has 2 aliphatic carbocycles. The molecule has 3 aliphatic rings. The number of hydrogen-bond acceptors (Lipinski definition) is 5. The summed E-state index contributed by atoms with van der Waals surface area (Å²) in [4.78, 5) is 21.8. The van der Waals surface area contributed by atoms with Crippen LogP contribution in [0.1, 0.15) is 43.0 Å². The Hall–Kier alpha value is -0.980. The fraction of sp³-hybridized carbons (Fsp3) is 0.778. The van der Waals surface area contributed by atoms with Crippen molar-refractivity contribution in [1.29, 1.82) is 0 Å². The molecule has 1 aromatic rings. The van der Waals surface area contributed by atoms with E-state index in [9.17, 15) is 4.79 Å². The van der Waals surface area contributed by atoms with E-state index < -0.39 is 0 Å². The van der Waals surface area contributed by atoms with Crippen molar-refractivity contribution in [1.82, 2.24) is 14.8 Å². The van der Waals surface area contributed by atoms with Crippen molar-refractivity contribution in [2.75, 3.05) is 33.3 Å². The van der Waals surface area contributed by atoms with Crippen molar-refractivity contribution < 1.29 is 9.53 Å². The Morgan fingerprint density at radius 3 is 2.71 bits per heavy atom. The van der Waals surface area contributed by atoms with Crippen LogP contribution < -0.4 is 0 Å². The van der Waals surface area contributed by atoms with E-state index in [0.717, 1.165) is 55.3 Å². The molecule has 1 saturated heterocycles. The number of carbonyl (C=O) groups excluding carboxylic acids is 1. The summed E-state index contributed by atoms with van der Waals surface area (Å²) < 4.78 is 5.33. The highest BCUT2D eigenvalue weighted by molar-refractivity contribution is 7.09. The largest absolute Gasteiger partial charge is 0.375 e. The third kappa shape index (κ3) is 3.11. The summed E-state index contributed by atoms with van der Waals surface area (Å²) in [5.74, 6) is 2.27. The number of methoxy groups -OCH3 is 1. The number of piperazine rings is 1. The first-order valence-corrected chi connectivity index (χ1v) is 10.0. The molecule has 0 aromatic carbocycles. The van der Waals surface area contributed by atoms with Gasteiger partial charge < -0.3 is 9.64 Å². The Morgan fingerprint density at radius 2 is 2.04 bits per heavy atom. The van der Waals surface area contributed by atoms with Crippen LogP contribution in [0, 0.1) is 17.8 Å². The molecular weight excluding hydrogens is 322 g/mol. The molecule has 24 heavy (non-hydrogen) atoms. The van der Waals surface area contributed by atoms with E-state index >= 15 is 0 Å². The Balaban J connectivity index is 1.26. The van der Waals surface area contributed by atoms with Gasteiger partial charge in [0, 0.05) is 51.1 Å². The van der Waals surface area contributed by atoms with Gasteiger partial charge in [0.05, 0.1) is 5.69 Å². The van der Waals surface area contributed by atoms with Crippen molar-refractivity contribution in [3.8, 4) is 0 Å². The van der Waals surface area contributed by atoms with Gasteiger partial charge in [0.15, 0.2) is 0 Å². The quantitative estimate of drug-likeness (QED) is 0.819. The molecule has 3 atom stereocenters. The first-order chi connectivity index (χ1) is 11.7. The molecule has 1 amide bonds. The van der Waals surface area contributed by atoms with Crippen LogP contribution in [0.5, 0.6) is 0 Å². The zero-order valence-corrected chi connectivity index (χ0v) is 15.4. The molecule has 0 radical (unpaired) electrons. The SMILES string of the molecule is CO[C@H](C)c1nc(CN2CCN(C(=O)C3[C@H]4CCC[C@H]34)CC2)cs1. The number of rotatable bonds is 5. The van der Waals surface area contributed by atoms with E-state index in [2.05, 4.69) is 20.2 Å². The summed E-state index contributed by atoms with van der Waals surface area (Å²) in [5, 5.41) is 3.18. The van der Waals surface area contributed by atoms with Gasteiger partial charge in [-0.1, -0.05) is 6.42 Å². The van der Waals surface area contributed by atoms with Gasteiger partial charge in [0.25, 0.3) is 0 Å². The fourth-order valence-electron chi connectivity index (χ4n) is 4.44. The van der Waals surface area contributed by atoms with Gasteiger partial charge in [0.1, 0.15) is 11.1 Å². The molecule has 0 unspecified atom stereocenters. The highest BCUT2D eigenvalue weighted by atomic mass is 32.1. The van der Waals surface area contributed by atoms with Crippen molar-refractivity contribution in [3.63, 3.8) is 0 Å². The first kappa shape index (κ1) is 16.5. The second-order valence-electron chi connectivity index (χ2n) is 7.44. The average Bonchev–Trinajstić information content (AvgIpc) is 2.97. The lowest BCUT2D eigenvalue weighted by Gasteiger charge is -2.34. The minimum atomic E-state index is 0.0659. The van der Waals surface area contributed by atoms with Crippen molar-refractivity contribution in [3.05, 3.63) is 16.1 Å². The van der Waals surface area contributed by atoms with Crippen molar-refractivity contribution >= 4 is 17.2 Å².